The zero-order chi connectivity index (χ0) is 13.1. The van der Waals surface area contributed by atoms with Crippen molar-refractivity contribution in [1.82, 2.24) is 10.6 Å². The molecule has 1 saturated carbocycles. The van der Waals surface area contributed by atoms with Crippen LogP contribution < -0.4 is 10.6 Å². The topological polar surface area (TPSA) is 87.7 Å². The lowest BCUT2D eigenvalue weighted by atomic mass is 10.0. The summed E-state index contributed by atoms with van der Waals surface area (Å²) in [6.07, 6.45) is 2.98. The van der Waals surface area contributed by atoms with Gasteiger partial charge in [-0.1, -0.05) is 6.42 Å². The van der Waals surface area contributed by atoms with Crippen molar-refractivity contribution >= 4 is 11.9 Å². The largest absolute Gasteiger partial charge is 0.481 e. The van der Waals surface area contributed by atoms with Gasteiger partial charge in [0.25, 0.3) is 0 Å². The van der Waals surface area contributed by atoms with Crippen molar-refractivity contribution in [2.45, 2.75) is 43.9 Å². The number of rotatable bonds is 4. The Morgan fingerprint density at radius 1 is 1.39 bits per heavy atom. The molecule has 0 aromatic rings. The van der Waals surface area contributed by atoms with Crippen molar-refractivity contribution in [2.24, 2.45) is 5.92 Å². The maximum Gasteiger partial charge on any atom is 0.308 e. The lowest BCUT2D eigenvalue weighted by Gasteiger charge is -2.20. The molecule has 2 rings (SSSR count). The zero-order valence-electron chi connectivity index (χ0n) is 10.5. The summed E-state index contributed by atoms with van der Waals surface area (Å²) in [6.45, 7) is 0.668. The highest BCUT2D eigenvalue weighted by Gasteiger charge is 2.36. The van der Waals surface area contributed by atoms with Gasteiger partial charge in [0.1, 0.15) is 0 Å². The minimum atomic E-state index is -0.813. The van der Waals surface area contributed by atoms with Crippen LogP contribution in [0.15, 0.2) is 0 Å². The molecule has 0 aromatic heterocycles. The van der Waals surface area contributed by atoms with Crippen molar-refractivity contribution in [3.8, 4) is 0 Å². The first-order chi connectivity index (χ1) is 8.61. The van der Waals surface area contributed by atoms with Crippen LogP contribution >= 0.6 is 0 Å². The average molecular weight is 256 g/mol. The number of carboxylic acids is 1. The van der Waals surface area contributed by atoms with Crippen LogP contribution in [-0.2, 0) is 14.3 Å². The van der Waals surface area contributed by atoms with Gasteiger partial charge >= 0.3 is 5.97 Å². The fraction of sp³-hybridized carbons (Fsp3) is 0.833. The molecule has 3 N–H and O–H groups in total. The predicted molar refractivity (Wildman–Crippen MR) is 64.1 cm³/mol. The third-order valence-electron chi connectivity index (χ3n) is 3.90. The predicted octanol–water partition coefficient (Wildman–Crippen LogP) is -0.267. The number of nitrogens with one attached hydrogen (secondary N) is 2. The van der Waals surface area contributed by atoms with Gasteiger partial charge in [-0.3, -0.25) is 9.59 Å². The van der Waals surface area contributed by atoms with Gasteiger partial charge in [-0.25, -0.2) is 0 Å². The van der Waals surface area contributed by atoms with E-state index < -0.39 is 11.9 Å². The first-order valence-electron chi connectivity index (χ1n) is 6.41. The fourth-order valence-electron chi connectivity index (χ4n) is 2.79. The molecule has 0 radical (unpaired) electrons. The number of amides is 1. The number of carbonyl (C=O) groups excluding carboxylic acids is 1. The molecule has 2 aliphatic rings. The molecule has 1 aliphatic carbocycles. The third kappa shape index (κ3) is 2.81. The first-order valence-corrected chi connectivity index (χ1v) is 6.41. The maximum absolute atomic E-state index is 12.0. The van der Waals surface area contributed by atoms with E-state index in [2.05, 4.69) is 10.6 Å². The van der Waals surface area contributed by atoms with Crippen LogP contribution in [0.3, 0.4) is 0 Å². The molecule has 0 bridgehead atoms. The first kappa shape index (κ1) is 13.3. The summed E-state index contributed by atoms with van der Waals surface area (Å²) in [6, 6.07) is -0.483. The zero-order valence-corrected chi connectivity index (χ0v) is 10.5. The Bertz CT molecular complexity index is 334. The minimum Gasteiger partial charge on any atom is -0.481 e. The van der Waals surface area contributed by atoms with Crippen molar-refractivity contribution in [3.05, 3.63) is 0 Å². The normalized spacial score (nSPS) is 35.6. The number of hydrogen-bond donors (Lipinski definition) is 3. The van der Waals surface area contributed by atoms with Crippen LogP contribution in [0.1, 0.15) is 25.7 Å². The Hall–Kier alpha value is -1.14. The summed E-state index contributed by atoms with van der Waals surface area (Å²) in [5.74, 6) is -1.35. The summed E-state index contributed by atoms with van der Waals surface area (Å²) in [5.41, 5.74) is 0. The van der Waals surface area contributed by atoms with Gasteiger partial charge in [0.2, 0.25) is 5.91 Å². The summed E-state index contributed by atoms with van der Waals surface area (Å²) < 4.78 is 5.18. The standard InChI is InChI=1S/C12H20N2O4/c1-18-7-5-10(13-6-7)11(15)14-9-4-2-3-8(9)12(16)17/h7-10,13H,2-6H2,1H3,(H,14,15)(H,16,17). The van der Waals surface area contributed by atoms with Crippen molar-refractivity contribution in [3.63, 3.8) is 0 Å². The molecule has 102 valence electrons. The molecule has 6 heteroatoms. The smallest absolute Gasteiger partial charge is 0.308 e. The van der Waals surface area contributed by atoms with Gasteiger partial charge < -0.3 is 20.5 Å². The second kappa shape index (κ2) is 5.67. The van der Waals surface area contributed by atoms with Crippen LogP contribution in [0.5, 0.6) is 0 Å². The van der Waals surface area contributed by atoms with E-state index in [9.17, 15) is 9.59 Å². The van der Waals surface area contributed by atoms with E-state index >= 15 is 0 Å². The van der Waals surface area contributed by atoms with Crippen LogP contribution in [-0.4, -0.2) is 48.8 Å². The molecular weight excluding hydrogens is 236 g/mol. The van der Waals surface area contributed by atoms with Gasteiger partial charge in [-0.15, -0.1) is 0 Å². The van der Waals surface area contributed by atoms with Gasteiger partial charge in [-0.2, -0.15) is 0 Å². The van der Waals surface area contributed by atoms with E-state index in [0.29, 0.717) is 19.4 Å². The molecule has 0 aromatic carbocycles. The number of ether oxygens (including phenoxy) is 1. The fourth-order valence-corrected chi connectivity index (χ4v) is 2.79. The molecule has 0 spiro atoms. The van der Waals surface area contributed by atoms with Crippen molar-refractivity contribution in [2.75, 3.05) is 13.7 Å². The molecule has 1 saturated heterocycles. The SMILES string of the molecule is COC1CNC(C(=O)NC2CCCC2C(=O)O)C1. The summed E-state index contributed by atoms with van der Waals surface area (Å²) >= 11 is 0. The van der Waals surface area contributed by atoms with E-state index in [-0.39, 0.29) is 24.1 Å². The molecule has 2 fully saturated rings. The molecule has 1 heterocycles. The van der Waals surface area contributed by atoms with Crippen LogP contribution in [0.25, 0.3) is 0 Å². The summed E-state index contributed by atoms with van der Waals surface area (Å²) in [5, 5.41) is 15.0. The van der Waals surface area contributed by atoms with Crippen LogP contribution in [0, 0.1) is 5.92 Å². The lowest BCUT2D eigenvalue weighted by molar-refractivity contribution is -0.142. The monoisotopic (exact) mass is 256 g/mol. The Morgan fingerprint density at radius 2 is 2.17 bits per heavy atom. The average Bonchev–Trinajstić information content (AvgIpc) is 2.96. The number of carboxylic acid groups (broad SMARTS) is 1. The second-order valence-corrected chi connectivity index (χ2v) is 5.04. The number of aliphatic carboxylic acids is 1. The van der Waals surface area contributed by atoms with Crippen LogP contribution in [0.2, 0.25) is 0 Å². The van der Waals surface area contributed by atoms with Crippen LogP contribution in [0.4, 0.5) is 0 Å². The number of hydrogen-bond acceptors (Lipinski definition) is 4. The Kier molecular flexibility index (Phi) is 4.19. The van der Waals surface area contributed by atoms with Gasteiger partial charge in [0, 0.05) is 19.7 Å². The highest BCUT2D eigenvalue weighted by atomic mass is 16.5. The molecule has 4 atom stereocenters. The molecule has 4 unspecified atom stereocenters. The molecule has 1 aliphatic heterocycles. The highest BCUT2D eigenvalue weighted by molar-refractivity contribution is 5.83. The van der Waals surface area contributed by atoms with E-state index in [1.165, 1.54) is 0 Å². The second-order valence-electron chi connectivity index (χ2n) is 5.04. The molecule has 6 nitrogen and oxygen atoms in total. The summed E-state index contributed by atoms with van der Waals surface area (Å²) in [4.78, 5) is 23.0. The van der Waals surface area contributed by atoms with E-state index in [1.807, 2.05) is 0 Å². The maximum atomic E-state index is 12.0. The van der Waals surface area contributed by atoms with Crippen molar-refractivity contribution < 1.29 is 19.4 Å². The molecule has 1 amide bonds. The van der Waals surface area contributed by atoms with E-state index in [1.54, 1.807) is 7.11 Å². The third-order valence-corrected chi connectivity index (χ3v) is 3.90. The summed E-state index contributed by atoms with van der Waals surface area (Å²) in [7, 11) is 1.63. The van der Waals surface area contributed by atoms with E-state index in [0.717, 1.165) is 12.8 Å². The van der Waals surface area contributed by atoms with Crippen molar-refractivity contribution in [1.29, 1.82) is 0 Å². The van der Waals surface area contributed by atoms with Gasteiger partial charge in [0.15, 0.2) is 0 Å². The van der Waals surface area contributed by atoms with Gasteiger partial charge in [0.05, 0.1) is 18.1 Å². The molecule has 18 heavy (non-hydrogen) atoms. The quantitative estimate of drug-likeness (QED) is 0.644. The number of carbonyl (C=O) groups is 2. The number of methoxy groups -OCH3 is 1. The van der Waals surface area contributed by atoms with E-state index in [4.69, 9.17) is 9.84 Å². The minimum absolute atomic E-state index is 0.0691. The molecular formula is C12H20N2O4. The Labute approximate surface area is 106 Å². The Morgan fingerprint density at radius 3 is 2.78 bits per heavy atom. The highest BCUT2D eigenvalue weighted by Crippen LogP contribution is 2.26. The Balaban J connectivity index is 1.86. The lowest BCUT2D eigenvalue weighted by Crippen LogP contribution is -2.47. The van der Waals surface area contributed by atoms with Gasteiger partial charge in [-0.05, 0) is 19.3 Å².